The molecule has 0 fully saturated rings. The van der Waals surface area contributed by atoms with Crippen LogP contribution in [-0.2, 0) is 13.1 Å². The average Bonchev–Trinajstić information content (AvgIpc) is 3.23. The van der Waals surface area contributed by atoms with Crippen molar-refractivity contribution in [3.8, 4) is 17.2 Å². The molecule has 4 aromatic rings. The van der Waals surface area contributed by atoms with Gasteiger partial charge < -0.3 is 14.0 Å². The minimum Gasteiger partial charge on any atom is -0.497 e. The molecule has 0 spiro atoms. The molecule has 2 heterocycles. The Morgan fingerprint density at radius 3 is 2.38 bits per heavy atom. The minimum absolute atomic E-state index is 0.0991. The van der Waals surface area contributed by atoms with Crippen molar-refractivity contribution in [2.75, 3.05) is 14.2 Å². The van der Waals surface area contributed by atoms with Crippen LogP contribution >= 0.6 is 0 Å². The number of nitrogens with zero attached hydrogens (tertiary/aromatic N) is 4. The van der Waals surface area contributed by atoms with E-state index in [0.29, 0.717) is 22.7 Å². The molecule has 9 heteroatoms. The molecular formula is C23H22N4O5. The van der Waals surface area contributed by atoms with E-state index in [1.165, 1.54) is 22.6 Å². The van der Waals surface area contributed by atoms with Crippen LogP contribution in [0.3, 0.4) is 0 Å². The van der Waals surface area contributed by atoms with Gasteiger partial charge in [-0.2, -0.15) is 0 Å². The van der Waals surface area contributed by atoms with Crippen LogP contribution in [-0.4, -0.2) is 38.7 Å². The molecule has 0 bridgehead atoms. The normalized spacial score (nSPS) is 11.0. The van der Waals surface area contributed by atoms with Crippen LogP contribution in [0.15, 0.2) is 64.4 Å². The van der Waals surface area contributed by atoms with Crippen molar-refractivity contribution in [3.63, 3.8) is 0 Å². The number of carbonyl (C=O) groups excluding carboxylic acids is 1. The molecule has 2 aromatic heterocycles. The molecule has 0 atom stereocenters. The van der Waals surface area contributed by atoms with E-state index in [-0.39, 0.29) is 30.0 Å². The molecule has 0 amide bonds. The topological polar surface area (TPSA) is 97.4 Å². The van der Waals surface area contributed by atoms with Crippen LogP contribution in [0, 0.1) is 0 Å². The molecule has 164 valence electrons. The van der Waals surface area contributed by atoms with Crippen molar-refractivity contribution >= 4 is 16.9 Å². The quantitative estimate of drug-likeness (QED) is 0.414. The number of fused-ring (bicyclic) bond motifs is 1. The zero-order chi connectivity index (χ0) is 22.8. The predicted octanol–water partition coefficient (Wildman–Crippen LogP) is 2.27. The molecule has 0 radical (unpaired) electrons. The second kappa shape index (κ2) is 8.54. The van der Waals surface area contributed by atoms with E-state index in [2.05, 4.69) is 4.98 Å². The van der Waals surface area contributed by atoms with Crippen LogP contribution in [0.1, 0.15) is 17.3 Å². The average molecular weight is 434 g/mol. The molecule has 0 saturated heterocycles. The van der Waals surface area contributed by atoms with Gasteiger partial charge in [0.05, 0.1) is 32.8 Å². The Morgan fingerprint density at radius 2 is 1.72 bits per heavy atom. The van der Waals surface area contributed by atoms with E-state index < -0.39 is 11.2 Å². The Morgan fingerprint density at radius 1 is 1.00 bits per heavy atom. The first-order valence-corrected chi connectivity index (χ1v) is 10.0. The predicted molar refractivity (Wildman–Crippen MR) is 119 cm³/mol. The lowest BCUT2D eigenvalue weighted by Crippen LogP contribution is -2.39. The van der Waals surface area contributed by atoms with Gasteiger partial charge in [-0.05, 0) is 43.3 Å². The number of rotatable bonds is 7. The maximum absolute atomic E-state index is 13.1. The highest BCUT2D eigenvalue weighted by molar-refractivity contribution is 5.96. The van der Waals surface area contributed by atoms with Gasteiger partial charge in [-0.3, -0.25) is 14.2 Å². The van der Waals surface area contributed by atoms with E-state index in [1.54, 1.807) is 62.6 Å². The molecule has 0 unspecified atom stereocenters. The molecule has 0 aliphatic rings. The third kappa shape index (κ3) is 3.58. The molecule has 2 aromatic carbocycles. The maximum atomic E-state index is 13.1. The van der Waals surface area contributed by atoms with Crippen molar-refractivity contribution in [1.29, 1.82) is 0 Å². The van der Waals surface area contributed by atoms with Crippen LogP contribution in [0.4, 0.5) is 0 Å². The largest absolute Gasteiger partial charge is 0.497 e. The van der Waals surface area contributed by atoms with Gasteiger partial charge in [0.2, 0.25) is 0 Å². The molecule has 32 heavy (non-hydrogen) atoms. The second-order valence-electron chi connectivity index (χ2n) is 7.07. The fraction of sp³-hybridized carbons (Fsp3) is 0.217. The molecule has 0 aliphatic carbocycles. The first-order chi connectivity index (χ1) is 15.5. The fourth-order valence-corrected chi connectivity index (χ4v) is 3.58. The second-order valence-corrected chi connectivity index (χ2v) is 7.07. The van der Waals surface area contributed by atoms with E-state index in [4.69, 9.17) is 9.47 Å². The number of hydrogen-bond donors (Lipinski definition) is 0. The Bertz CT molecular complexity index is 1410. The van der Waals surface area contributed by atoms with E-state index in [9.17, 15) is 14.4 Å². The van der Waals surface area contributed by atoms with E-state index in [1.807, 2.05) is 0 Å². The molecule has 0 saturated carbocycles. The molecule has 4 rings (SSSR count). The summed E-state index contributed by atoms with van der Waals surface area (Å²) in [5, 5.41) is 0. The number of carbonyl (C=O) groups is 1. The molecule has 9 nitrogen and oxygen atoms in total. The van der Waals surface area contributed by atoms with Crippen molar-refractivity contribution in [2.24, 2.45) is 0 Å². The van der Waals surface area contributed by atoms with Crippen molar-refractivity contribution in [2.45, 2.75) is 20.0 Å². The number of imidazole rings is 1. The van der Waals surface area contributed by atoms with Crippen molar-refractivity contribution in [1.82, 2.24) is 18.7 Å². The van der Waals surface area contributed by atoms with E-state index >= 15 is 0 Å². The summed E-state index contributed by atoms with van der Waals surface area (Å²) in [4.78, 5) is 43.4. The number of Topliss-reactive ketones (excluding diaryl/α,β-unsaturated/α-hetero) is 1. The standard InChI is InChI=1S/C23H22N4O5/c1-4-26-22(29)20-21(27(23(26)30)16-6-5-7-18(12-16)32-3)24-14-25(20)13-19(28)15-8-10-17(31-2)11-9-15/h5-12,14H,4,13H2,1-3H3. The summed E-state index contributed by atoms with van der Waals surface area (Å²) in [7, 11) is 3.08. The van der Waals surface area contributed by atoms with Gasteiger partial charge in [0.25, 0.3) is 5.56 Å². The number of hydrogen-bond acceptors (Lipinski definition) is 6. The van der Waals surface area contributed by atoms with Crippen molar-refractivity contribution < 1.29 is 14.3 Å². The summed E-state index contributed by atoms with van der Waals surface area (Å²) in [5.74, 6) is 1.00. The summed E-state index contributed by atoms with van der Waals surface area (Å²) in [5.41, 5.74) is 0.339. The third-order valence-electron chi connectivity index (χ3n) is 5.25. The number of benzene rings is 2. The van der Waals surface area contributed by atoms with Crippen molar-refractivity contribution in [3.05, 3.63) is 81.3 Å². The Labute approximate surface area is 183 Å². The van der Waals surface area contributed by atoms with Gasteiger partial charge in [0.15, 0.2) is 16.9 Å². The number of methoxy groups -OCH3 is 2. The van der Waals surface area contributed by atoms with Gasteiger partial charge in [-0.1, -0.05) is 6.07 Å². The van der Waals surface area contributed by atoms with Crippen LogP contribution in [0.25, 0.3) is 16.9 Å². The summed E-state index contributed by atoms with van der Waals surface area (Å²) in [6, 6.07) is 13.6. The third-order valence-corrected chi connectivity index (χ3v) is 5.25. The van der Waals surface area contributed by atoms with E-state index in [0.717, 1.165) is 4.57 Å². The summed E-state index contributed by atoms with van der Waals surface area (Å²) in [6.45, 7) is 1.79. The number of ether oxygens (including phenoxy) is 2. The monoisotopic (exact) mass is 434 g/mol. The zero-order valence-corrected chi connectivity index (χ0v) is 17.9. The van der Waals surface area contributed by atoms with Gasteiger partial charge >= 0.3 is 5.69 Å². The summed E-state index contributed by atoms with van der Waals surface area (Å²) in [6.07, 6.45) is 1.41. The molecule has 0 aliphatic heterocycles. The van der Waals surface area contributed by atoms with Gasteiger partial charge in [-0.25, -0.2) is 14.3 Å². The summed E-state index contributed by atoms with van der Waals surface area (Å²) < 4.78 is 14.4. The highest BCUT2D eigenvalue weighted by Crippen LogP contribution is 2.19. The van der Waals surface area contributed by atoms with Crippen LogP contribution in [0.5, 0.6) is 11.5 Å². The summed E-state index contributed by atoms with van der Waals surface area (Å²) >= 11 is 0. The Balaban J connectivity index is 1.86. The van der Waals surface area contributed by atoms with Gasteiger partial charge in [-0.15, -0.1) is 0 Å². The minimum atomic E-state index is -0.509. The lowest BCUT2D eigenvalue weighted by atomic mass is 10.1. The highest BCUT2D eigenvalue weighted by Gasteiger charge is 2.20. The van der Waals surface area contributed by atoms with Crippen LogP contribution < -0.4 is 20.7 Å². The lowest BCUT2D eigenvalue weighted by molar-refractivity contribution is 0.0973. The first kappa shape index (κ1) is 21.1. The Hall–Kier alpha value is -4.14. The van der Waals surface area contributed by atoms with Gasteiger partial charge in [0, 0.05) is 18.2 Å². The number of ketones is 1. The molecular weight excluding hydrogens is 412 g/mol. The SMILES string of the molecule is CCn1c(=O)c2c(ncn2CC(=O)c2ccc(OC)cc2)n(-c2cccc(OC)c2)c1=O. The van der Waals surface area contributed by atoms with Gasteiger partial charge in [0.1, 0.15) is 11.5 Å². The first-order valence-electron chi connectivity index (χ1n) is 10.0. The maximum Gasteiger partial charge on any atom is 0.337 e. The highest BCUT2D eigenvalue weighted by atomic mass is 16.5. The lowest BCUT2D eigenvalue weighted by Gasteiger charge is -2.12. The number of aromatic nitrogens is 4. The fourth-order valence-electron chi connectivity index (χ4n) is 3.58. The zero-order valence-electron chi connectivity index (χ0n) is 17.9. The molecule has 0 N–H and O–H groups in total. The smallest absolute Gasteiger partial charge is 0.337 e. The Kier molecular flexibility index (Phi) is 5.63. The van der Waals surface area contributed by atoms with Crippen LogP contribution in [0.2, 0.25) is 0 Å².